The molecular weight excluding hydrogens is 378 g/mol. The lowest BCUT2D eigenvalue weighted by Gasteiger charge is -2.09. The molecule has 3 aromatic carbocycles. The molecule has 150 valence electrons. The van der Waals surface area contributed by atoms with Crippen molar-refractivity contribution >= 4 is 33.9 Å². The van der Waals surface area contributed by atoms with Crippen LogP contribution in [-0.4, -0.2) is 35.4 Å². The van der Waals surface area contributed by atoms with Gasteiger partial charge in [0.2, 0.25) is 5.91 Å². The number of benzene rings is 3. The van der Waals surface area contributed by atoms with E-state index in [-0.39, 0.29) is 18.4 Å². The molecule has 30 heavy (non-hydrogen) atoms. The highest BCUT2D eigenvalue weighted by atomic mass is 16.5. The van der Waals surface area contributed by atoms with Gasteiger partial charge in [-0.1, -0.05) is 48.5 Å². The van der Waals surface area contributed by atoms with Gasteiger partial charge in [-0.3, -0.25) is 4.79 Å². The Bertz CT molecular complexity index is 1200. The first-order valence-electron chi connectivity index (χ1n) is 9.48. The number of amides is 1. The van der Waals surface area contributed by atoms with E-state index >= 15 is 0 Å². The third-order valence-corrected chi connectivity index (χ3v) is 4.64. The van der Waals surface area contributed by atoms with Crippen LogP contribution in [-0.2, 0) is 9.53 Å². The van der Waals surface area contributed by atoms with Gasteiger partial charge >= 0.3 is 0 Å². The third kappa shape index (κ3) is 4.09. The number of methoxy groups -OCH3 is 1. The van der Waals surface area contributed by atoms with Gasteiger partial charge < -0.3 is 20.1 Å². The van der Waals surface area contributed by atoms with Gasteiger partial charge in [0.15, 0.2) is 5.88 Å². The third-order valence-electron chi connectivity index (χ3n) is 4.64. The van der Waals surface area contributed by atoms with Gasteiger partial charge in [0.1, 0.15) is 6.61 Å². The Kier molecular flexibility index (Phi) is 5.59. The number of aromatic amines is 1. The second kappa shape index (κ2) is 8.63. The molecule has 1 aromatic heterocycles. The van der Waals surface area contributed by atoms with Crippen molar-refractivity contribution in [2.75, 3.05) is 19.0 Å². The van der Waals surface area contributed by atoms with E-state index in [1.165, 1.54) is 7.11 Å². The highest BCUT2D eigenvalue weighted by Crippen LogP contribution is 2.31. The summed E-state index contributed by atoms with van der Waals surface area (Å²) in [6.45, 7) is -0.00208. The van der Waals surface area contributed by atoms with Gasteiger partial charge in [-0.2, -0.15) is 0 Å². The first-order valence-corrected chi connectivity index (χ1v) is 9.48. The lowest BCUT2D eigenvalue weighted by atomic mass is 10.0. The Labute approximate surface area is 173 Å². The van der Waals surface area contributed by atoms with Crippen molar-refractivity contribution in [2.24, 2.45) is 4.99 Å². The number of rotatable bonds is 6. The smallest absolute Gasteiger partial charge is 0.250 e. The fourth-order valence-electron chi connectivity index (χ4n) is 3.30. The average Bonchev–Trinajstić information content (AvgIpc) is 3.09. The summed E-state index contributed by atoms with van der Waals surface area (Å²) in [4.78, 5) is 19.5. The summed E-state index contributed by atoms with van der Waals surface area (Å²) in [5.41, 5.74) is 4.38. The molecule has 4 aromatic rings. The largest absolute Gasteiger partial charge is 0.494 e. The zero-order valence-corrected chi connectivity index (χ0v) is 16.4. The number of para-hydroxylation sites is 1. The maximum atomic E-state index is 11.7. The summed E-state index contributed by atoms with van der Waals surface area (Å²) in [6.07, 6.45) is 0. The number of aromatic nitrogens is 1. The molecule has 6 nitrogen and oxygen atoms in total. The molecular formula is C24H21N3O3. The zero-order valence-electron chi connectivity index (χ0n) is 16.4. The molecule has 1 heterocycles. The molecule has 0 aliphatic heterocycles. The fraction of sp³-hybridized carbons (Fsp3) is 0.0833. The second-order valence-corrected chi connectivity index (χ2v) is 6.75. The lowest BCUT2D eigenvalue weighted by Crippen LogP contribution is -2.16. The molecule has 3 N–H and O–H groups in total. The Hall–Kier alpha value is -3.90. The van der Waals surface area contributed by atoms with E-state index in [9.17, 15) is 9.90 Å². The van der Waals surface area contributed by atoms with Crippen molar-refractivity contribution in [1.82, 2.24) is 4.98 Å². The predicted molar refractivity (Wildman–Crippen MR) is 119 cm³/mol. The maximum Gasteiger partial charge on any atom is 0.250 e. The van der Waals surface area contributed by atoms with Crippen LogP contribution in [0.25, 0.3) is 10.9 Å². The minimum Gasteiger partial charge on any atom is -0.494 e. The standard InChI is InChI=1S/C24H21N3O3/c1-30-15-21(28)25-17-11-13-18(14-12-17)26-23(16-7-3-2-4-8-16)22-19-9-5-6-10-20(19)27-24(22)29/h2-14,27,29H,15H2,1H3,(H,25,28). The summed E-state index contributed by atoms with van der Waals surface area (Å²) in [7, 11) is 1.47. The fourth-order valence-corrected chi connectivity index (χ4v) is 3.30. The number of aromatic hydroxyl groups is 1. The number of nitrogens with one attached hydrogen (secondary N) is 2. The zero-order chi connectivity index (χ0) is 20.9. The Morgan fingerprint density at radius 2 is 1.70 bits per heavy atom. The van der Waals surface area contributed by atoms with Crippen molar-refractivity contribution < 1.29 is 14.6 Å². The van der Waals surface area contributed by atoms with Crippen molar-refractivity contribution in [3.63, 3.8) is 0 Å². The molecule has 0 saturated heterocycles. The van der Waals surface area contributed by atoms with Crippen LogP contribution in [0.4, 0.5) is 11.4 Å². The Morgan fingerprint density at radius 3 is 2.43 bits per heavy atom. The second-order valence-electron chi connectivity index (χ2n) is 6.75. The van der Waals surface area contributed by atoms with Gasteiger partial charge in [0, 0.05) is 29.3 Å². The van der Waals surface area contributed by atoms with Gasteiger partial charge in [-0.15, -0.1) is 0 Å². The minimum absolute atomic E-state index is 0.00208. The van der Waals surface area contributed by atoms with Crippen LogP contribution in [0.3, 0.4) is 0 Å². The number of carbonyl (C=O) groups excluding carboxylic acids is 1. The van der Waals surface area contributed by atoms with E-state index in [4.69, 9.17) is 9.73 Å². The topological polar surface area (TPSA) is 86.7 Å². The molecule has 0 bridgehead atoms. The molecule has 0 saturated carbocycles. The number of nitrogens with zero attached hydrogens (tertiary/aromatic N) is 1. The van der Waals surface area contributed by atoms with E-state index in [2.05, 4.69) is 10.3 Å². The van der Waals surface area contributed by atoms with E-state index < -0.39 is 0 Å². The van der Waals surface area contributed by atoms with Crippen LogP contribution in [0.15, 0.2) is 83.9 Å². The molecule has 1 amide bonds. The lowest BCUT2D eigenvalue weighted by molar-refractivity contribution is -0.119. The van der Waals surface area contributed by atoms with E-state index in [0.29, 0.717) is 22.6 Å². The van der Waals surface area contributed by atoms with Gasteiger partial charge in [0.25, 0.3) is 0 Å². The number of fused-ring (bicyclic) bond motifs is 1. The number of ether oxygens (including phenoxy) is 1. The molecule has 0 aliphatic rings. The highest BCUT2D eigenvalue weighted by molar-refractivity contribution is 6.21. The molecule has 0 radical (unpaired) electrons. The average molecular weight is 399 g/mol. The van der Waals surface area contributed by atoms with E-state index in [1.54, 1.807) is 12.1 Å². The molecule has 6 heteroatoms. The SMILES string of the molecule is COCC(=O)Nc1ccc(N=C(c2ccccc2)c2c(O)[nH]c3ccccc23)cc1. The number of aliphatic imine (C=N–C) groups is 1. The highest BCUT2D eigenvalue weighted by Gasteiger charge is 2.18. The van der Waals surface area contributed by atoms with Crippen LogP contribution >= 0.6 is 0 Å². The van der Waals surface area contributed by atoms with Crippen LogP contribution < -0.4 is 5.32 Å². The first kappa shape index (κ1) is 19.4. The molecule has 0 fully saturated rings. The van der Waals surface area contributed by atoms with Gasteiger partial charge in [0.05, 0.1) is 17.0 Å². The van der Waals surface area contributed by atoms with Crippen molar-refractivity contribution in [3.8, 4) is 5.88 Å². The van der Waals surface area contributed by atoms with Crippen LogP contribution in [0.1, 0.15) is 11.1 Å². The van der Waals surface area contributed by atoms with Crippen LogP contribution in [0, 0.1) is 0 Å². The van der Waals surface area contributed by atoms with Gasteiger partial charge in [-0.05, 0) is 30.3 Å². The quantitative estimate of drug-likeness (QED) is 0.413. The normalized spacial score (nSPS) is 11.6. The molecule has 0 unspecified atom stereocenters. The summed E-state index contributed by atoms with van der Waals surface area (Å²) in [5.74, 6) is -0.148. The monoisotopic (exact) mass is 399 g/mol. The number of hydrogen-bond acceptors (Lipinski definition) is 4. The molecule has 4 rings (SSSR count). The van der Waals surface area contributed by atoms with Crippen molar-refractivity contribution in [2.45, 2.75) is 0 Å². The van der Waals surface area contributed by atoms with E-state index in [0.717, 1.165) is 16.5 Å². The van der Waals surface area contributed by atoms with Crippen molar-refractivity contribution in [1.29, 1.82) is 0 Å². The number of anilines is 1. The molecule has 0 atom stereocenters. The number of carbonyl (C=O) groups is 1. The molecule has 0 aliphatic carbocycles. The Morgan fingerprint density at radius 1 is 1.00 bits per heavy atom. The van der Waals surface area contributed by atoms with Crippen LogP contribution in [0.2, 0.25) is 0 Å². The van der Waals surface area contributed by atoms with Gasteiger partial charge in [-0.25, -0.2) is 4.99 Å². The first-order chi connectivity index (χ1) is 14.7. The van der Waals surface area contributed by atoms with Crippen molar-refractivity contribution in [3.05, 3.63) is 90.0 Å². The summed E-state index contributed by atoms with van der Waals surface area (Å²) in [6, 6.07) is 24.6. The number of hydrogen-bond donors (Lipinski definition) is 3. The molecule has 0 spiro atoms. The Balaban J connectivity index is 1.77. The number of H-pyrrole nitrogens is 1. The summed E-state index contributed by atoms with van der Waals surface area (Å²) >= 11 is 0. The maximum absolute atomic E-state index is 11.7. The minimum atomic E-state index is -0.220. The van der Waals surface area contributed by atoms with Crippen LogP contribution in [0.5, 0.6) is 5.88 Å². The predicted octanol–water partition coefficient (Wildman–Crippen LogP) is 4.63. The summed E-state index contributed by atoms with van der Waals surface area (Å²) in [5, 5.41) is 14.3. The van der Waals surface area contributed by atoms with E-state index in [1.807, 2.05) is 66.7 Å². The summed E-state index contributed by atoms with van der Waals surface area (Å²) < 4.78 is 4.83.